The third-order valence-electron chi connectivity index (χ3n) is 1.10. The molecule has 1 rings (SSSR count). The minimum atomic E-state index is 0.754. The summed E-state index contributed by atoms with van der Waals surface area (Å²) in [6, 6.07) is 9.82. The van der Waals surface area contributed by atoms with E-state index in [9.17, 15) is 0 Å². The second-order valence-corrected chi connectivity index (χ2v) is 2.72. The zero-order valence-electron chi connectivity index (χ0n) is 5.62. The van der Waals surface area contributed by atoms with E-state index in [4.69, 9.17) is 4.74 Å². The molecule has 0 fully saturated rings. The Morgan fingerprint density at radius 2 is 1.90 bits per heavy atom. The third kappa shape index (κ3) is 2.42. The van der Waals surface area contributed by atoms with Crippen LogP contribution in [0.3, 0.4) is 0 Å². The Labute approximate surface area is 69.2 Å². The Kier molecular flexibility index (Phi) is 3.34. The molecular weight excluding hydrogens is 191 g/mol. The van der Waals surface area contributed by atoms with E-state index in [1.807, 2.05) is 30.3 Å². The predicted molar refractivity (Wildman–Crippen MR) is 42.5 cm³/mol. The first-order valence-corrected chi connectivity index (χ1v) is 4.40. The molecule has 2 heteroatoms. The Bertz CT molecular complexity index is 174. The van der Waals surface area contributed by atoms with Crippen molar-refractivity contribution in [2.45, 2.75) is 5.32 Å². The average Bonchev–Trinajstić information content (AvgIpc) is 2.03. The summed E-state index contributed by atoms with van der Waals surface area (Å²) < 4.78 is 5.32. The number of ether oxygens (including phenoxy) is 1. The molecule has 0 spiro atoms. The van der Waals surface area contributed by atoms with Crippen LogP contribution in [0.2, 0.25) is 5.32 Å². The van der Waals surface area contributed by atoms with Gasteiger partial charge in [0.1, 0.15) is 0 Å². The summed E-state index contributed by atoms with van der Waals surface area (Å²) in [5, 5.41) is 0.939. The van der Waals surface area contributed by atoms with Crippen molar-refractivity contribution in [2.24, 2.45) is 0 Å². The Morgan fingerprint density at radius 1 is 1.20 bits per heavy atom. The monoisotopic (exact) mass is 201 g/mol. The van der Waals surface area contributed by atoms with E-state index in [0.717, 1.165) is 17.7 Å². The topological polar surface area (TPSA) is 9.23 Å². The van der Waals surface area contributed by atoms with E-state index in [2.05, 4.69) is 16.0 Å². The van der Waals surface area contributed by atoms with E-state index < -0.39 is 0 Å². The van der Waals surface area contributed by atoms with Crippen molar-refractivity contribution >= 4 is 16.0 Å². The molecule has 0 unspecified atom stereocenters. The molecule has 0 bridgehead atoms. The normalized spacial score (nSPS) is 9.30. The third-order valence-corrected chi connectivity index (χ3v) is 1.44. The predicted octanol–water partition coefficient (Wildman–Crippen LogP) is 1.65. The van der Waals surface area contributed by atoms with Crippen molar-refractivity contribution < 1.29 is 4.74 Å². The van der Waals surface area contributed by atoms with Gasteiger partial charge in [0, 0.05) is 0 Å². The molecule has 1 radical (unpaired) electrons. The summed E-state index contributed by atoms with van der Waals surface area (Å²) in [7, 11) is 0. The van der Waals surface area contributed by atoms with E-state index >= 15 is 0 Å². The Morgan fingerprint density at radius 3 is 2.50 bits per heavy atom. The van der Waals surface area contributed by atoms with Crippen molar-refractivity contribution in [1.82, 2.24) is 0 Å². The van der Waals surface area contributed by atoms with Crippen LogP contribution in [-0.2, 0) is 0 Å². The summed E-state index contributed by atoms with van der Waals surface area (Å²) in [5.74, 6) is 0.942. The van der Waals surface area contributed by atoms with Crippen molar-refractivity contribution in [3.05, 3.63) is 30.3 Å². The molecule has 0 saturated heterocycles. The fraction of sp³-hybridized carbons (Fsp3) is 0.250. The van der Waals surface area contributed by atoms with Gasteiger partial charge in [-0.1, -0.05) is 0 Å². The van der Waals surface area contributed by atoms with Crippen LogP contribution in [0.15, 0.2) is 30.3 Å². The number of hydrogen-bond acceptors (Lipinski definition) is 1. The van der Waals surface area contributed by atoms with Gasteiger partial charge in [-0.25, -0.2) is 0 Å². The van der Waals surface area contributed by atoms with Gasteiger partial charge in [0.2, 0.25) is 0 Å². The first-order valence-electron chi connectivity index (χ1n) is 3.19. The quantitative estimate of drug-likeness (QED) is 0.674. The van der Waals surface area contributed by atoms with Gasteiger partial charge in [-0.15, -0.1) is 0 Å². The molecule has 0 aromatic heterocycles. The van der Waals surface area contributed by atoms with E-state index in [-0.39, 0.29) is 0 Å². The van der Waals surface area contributed by atoms with Crippen LogP contribution < -0.4 is 4.74 Å². The second-order valence-electron chi connectivity index (χ2n) is 1.87. The van der Waals surface area contributed by atoms with Crippen molar-refractivity contribution in [3.63, 3.8) is 0 Å². The SMILES string of the molecule is [Se]CCOc1ccccc1. The minimum absolute atomic E-state index is 0.754. The molecule has 0 heterocycles. The second kappa shape index (κ2) is 4.37. The Hall–Kier alpha value is -0.461. The van der Waals surface area contributed by atoms with Crippen LogP contribution in [0.4, 0.5) is 0 Å². The Balaban J connectivity index is 2.43. The molecule has 0 atom stereocenters. The molecule has 10 heavy (non-hydrogen) atoms. The average molecular weight is 200 g/mol. The van der Waals surface area contributed by atoms with Crippen LogP contribution in [-0.4, -0.2) is 22.6 Å². The first-order chi connectivity index (χ1) is 4.93. The fourth-order valence-corrected chi connectivity index (χ4v) is 0.851. The maximum atomic E-state index is 5.32. The molecule has 1 aromatic carbocycles. The molecule has 1 aromatic rings. The van der Waals surface area contributed by atoms with Crippen molar-refractivity contribution in [1.29, 1.82) is 0 Å². The van der Waals surface area contributed by atoms with Crippen LogP contribution in [0.5, 0.6) is 5.75 Å². The van der Waals surface area contributed by atoms with Gasteiger partial charge in [-0.05, 0) is 0 Å². The van der Waals surface area contributed by atoms with Gasteiger partial charge in [-0.2, -0.15) is 0 Å². The van der Waals surface area contributed by atoms with Gasteiger partial charge in [0.25, 0.3) is 0 Å². The van der Waals surface area contributed by atoms with Gasteiger partial charge < -0.3 is 0 Å². The van der Waals surface area contributed by atoms with E-state index in [0.29, 0.717) is 0 Å². The number of rotatable bonds is 3. The molecule has 53 valence electrons. The molecule has 0 saturated carbocycles. The van der Waals surface area contributed by atoms with E-state index in [1.54, 1.807) is 0 Å². The molecular formula is C8H9OSe. The molecule has 0 aliphatic rings. The zero-order chi connectivity index (χ0) is 7.23. The summed E-state index contributed by atoms with van der Waals surface area (Å²) >= 11 is 2.89. The molecule has 0 N–H and O–H groups in total. The van der Waals surface area contributed by atoms with Crippen molar-refractivity contribution in [3.8, 4) is 5.75 Å². The standard InChI is InChI=1S/C8H9OSe/c10-7-6-9-8-4-2-1-3-5-8/h1-5H,6-7H2. The van der Waals surface area contributed by atoms with Gasteiger partial charge >= 0.3 is 68.8 Å². The summed E-state index contributed by atoms with van der Waals surface area (Å²) in [6.45, 7) is 0.754. The molecule has 0 aliphatic heterocycles. The van der Waals surface area contributed by atoms with Gasteiger partial charge in [0.05, 0.1) is 0 Å². The van der Waals surface area contributed by atoms with Gasteiger partial charge in [0.15, 0.2) is 0 Å². The van der Waals surface area contributed by atoms with Crippen LogP contribution in [0.25, 0.3) is 0 Å². The zero-order valence-corrected chi connectivity index (χ0v) is 7.33. The number of benzene rings is 1. The molecule has 0 aliphatic carbocycles. The number of para-hydroxylation sites is 1. The summed E-state index contributed by atoms with van der Waals surface area (Å²) in [4.78, 5) is 0. The summed E-state index contributed by atoms with van der Waals surface area (Å²) in [5.41, 5.74) is 0. The maximum absolute atomic E-state index is 5.32. The van der Waals surface area contributed by atoms with Crippen molar-refractivity contribution in [2.75, 3.05) is 6.61 Å². The first kappa shape index (κ1) is 7.64. The van der Waals surface area contributed by atoms with Crippen LogP contribution >= 0.6 is 0 Å². The van der Waals surface area contributed by atoms with E-state index in [1.165, 1.54) is 0 Å². The summed E-state index contributed by atoms with van der Waals surface area (Å²) in [6.07, 6.45) is 0. The fourth-order valence-electron chi connectivity index (χ4n) is 0.676. The number of hydrogen-bond donors (Lipinski definition) is 0. The molecule has 0 amide bonds. The van der Waals surface area contributed by atoms with Crippen LogP contribution in [0.1, 0.15) is 0 Å². The molecule has 1 nitrogen and oxygen atoms in total. The van der Waals surface area contributed by atoms with Gasteiger partial charge in [-0.3, -0.25) is 0 Å². The van der Waals surface area contributed by atoms with Crippen LogP contribution in [0, 0.1) is 0 Å².